The van der Waals surface area contributed by atoms with Crippen molar-refractivity contribution in [3.63, 3.8) is 0 Å². The summed E-state index contributed by atoms with van der Waals surface area (Å²) in [7, 11) is -9.94. The maximum Gasteiger partial charge on any atom is 0.472 e. The zero-order valence-corrected chi connectivity index (χ0v) is 69.1. The van der Waals surface area contributed by atoms with Gasteiger partial charge in [0.1, 0.15) is 19.3 Å². The van der Waals surface area contributed by atoms with Gasteiger partial charge in [-0.2, -0.15) is 0 Å². The van der Waals surface area contributed by atoms with Crippen molar-refractivity contribution in [2.24, 2.45) is 17.8 Å². The third-order valence-electron chi connectivity index (χ3n) is 19.4. The zero-order valence-electron chi connectivity index (χ0n) is 67.3. The van der Waals surface area contributed by atoms with Gasteiger partial charge in [0.25, 0.3) is 0 Å². The molecule has 19 heteroatoms. The minimum absolute atomic E-state index is 0.0851. The number of phosphoric ester groups is 2. The summed E-state index contributed by atoms with van der Waals surface area (Å²) in [6, 6.07) is 0. The number of hydrogen-bond donors (Lipinski definition) is 3. The first kappa shape index (κ1) is 101. The largest absolute Gasteiger partial charge is 0.472 e. The van der Waals surface area contributed by atoms with Gasteiger partial charge in [-0.05, 0) is 69.1 Å². The van der Waals surface area contributed by atoms with Gasteiger partial charge in [0.2, 0.25) is 0 Å². The summed E-state index contributed by atoms with van der Waals surface area (Å²) >= 11 is 0. The molecule has 0 saturated carbocycles. The van der Waals surface area contributed by atoms with Crippen molar-refractivity contribution in [2.75, 3.05) is 39.6 Å². The lowest BCUT2D eigenvalue weighted by atomic mass is 9.99. The number of aliphatic hydroxyl groups is 1. The molecule has 0 amide bonds. The number of carbonyl (C=O) groups is 4. The number of hydrogen-bond acceptors (Lipinski definition) is 15. The molecule has 0 aliphatic carbocycles. The minimum atomic E-state index is -4.97. The van der Waals surface area contributed by atoms with E-state index in [0.29, 0.717) is 31.6 Å². The molecule has 0 spiro atoms. The van der Waals surface area contributed by atoms with Crippen molar-refractivity contribution < 1.29 is 80.2 Å². The van der Waals surface area contributed by atoms with Gasteiger partial charge in [0.05, 0.1) is 26.4 Å². The highest BCUT2D eigenvalue weighted by Crippen LogP contribution is 2.45. The molecule has 0 aromatic carbocycles. The van der Waals surface area contributed by atoms with Gasteiger partial charge in [-0.1, -0.05) is 362 Å². The topological polar surface area (TPSA) is 237 Å². The molecule has 0 aromatic rings. The highest BCUT2D eigenvalue weighted by atomic mass is 31.2. The number of phosphoric acid groups is 2. The Kier molecular flexibility index (Phi) is 71.9. The third kappa shape index (κ3) is 76.1. The Labute approximate surface area is 631 Å². The molecule has 0 aliphatic rings. The Morgan fingerprint density at radius 3 is 0.864 bits per heavy atom. The summed E-state index contributed by atoms with van der Waals surface area (Å²) in [5.74, 6) is 0.204. The van der Waals surface area contributed by atoms with Crippen molar-refractivity contribution >= 4 is 39.5 Å². The molecule has 103 heavy (non-hydrogen) atoms. The smallest absolute Gasteiger partial charge is 0.462 e. The Balaban J connectivity index is 5.21. The van der Waals surface area contributed by atoms with Crippen molar-refractivity contribution in [3.8, 4) is 0 Å². The van der Waals surface area contributed by atoms with Gasteiger partial charge in [0.15, 0.2) is 12.2 Å². The molecule has 0 rings (SSSR count). The van der Waals surface area contributed by atoms with Crippen LogP contribution in [-0.2, 0) is 65.4 Å². The van der Waals surface area contributed by atoms with Gasteiger partial charge in [-0.3, -0.25) is 37.3 Å². The predicted molar refractivity (Wildman–Crippen MR) is 423 cm³/mol. The Bertz CT molecular complexity index is 2090. The van der Waals surface area contributed by atoms with E-state index in [1.807, 2.05) is 0 Å². The molecule has 3 N–H and O–H groups in total. The summed E-state index contributed by atoms with van der Waals surface area (Å²) in [5.41, 5.74) is 0. The maximum atomic E-state index is 13.1. The molecular formula is C84H160O17P2. The van der Waals surface area contributed by atoms with Crippen molar-refractivity contribution in [3.05, 3.63) is 24.3 Å². The minimum Gasteiger partial charge on any atom is -0.462 e. The number of carbonyl (C=O) groups excluding carboxylic acids is 4. The molecule has 608 valence electrons. The summed E-state index contributed by atoms with van der Waals surface area (Å²) < 4.78 is 68.7. The molecule has 17 nitrogen and oxygen atoms in total. The third-order valence-corrected chi connectivity index (χ3v) is 21.3. The number of aliphatic hydroxyl groups excluding tert-OH is 1. The number of allylic oxidation sites excluding steroid dienone is 4. The van der Waals surface area contributed by atoms with Crippen molar-refractivity contribution in [2.45, 2.75) is 433 Å². The van der Waals surface area contributed by atoms with E-state index in [-0.39, 0.29) is 25.7 Å². The van der Waals surface area contributed by atoms with Gasteiger partial charge in [-0.25, -0.2) is 9.13 Å². The Hall–Kier alpha value is -2.46. The first-order valence-electron chi connectivity index (χ1n) is 42.7. The lowest BCUT2D eigenvalue weighted by molar-refractivity contribution is -0.161. The van der Waals surface area contributed by atoms with Crippen LogP contribution in [0.15, 0.2) is 24.3 Å². The molecule has 0 saturated heterocycles. The fraction of sp³-hybridized carbons (Fsp3) is 0.905. The molecule has 6 atom stereocenters. The van der Waals surface area contributed by atoms with Crippen LogP contribution in [0.3, 0.4) is 0 Å². The second kappa shape index (κ2) is 73.7. The lowest BCUT2D eigenvalue weighted by Crippen LogP contribution is -2.30. The first-order valence-corrected chi connectivity index (χ1v) is 45.7. The van der Waals surface area contributed by atoms with E-state index >= 15 is 0 Å². The van der Waals surface area contributed by atoms with E-state index in [1.165, 1.54) is 205 Å². The molecule has 0 heterocycles. The second-order valence-corrected chi connectivity index (χ2v) is 33.6. The van der Waals surface area contributed by atoms with Crippen LogP contribution in [0.2, 0.25) is 0 Å². The van der Waals surface area contributed by atoms with Gasteiger partial charge >= 0.3 is 39.5 Å². The van der Waals surface area contributed by atoms with Crippen molar-refractivity contribution in [1.82, 2.24) is 0 Å². The van der Waals surface area contributed by atoms with Crippen LogP contribution in [0.5, 0.6) is 0 Å². The zero-order chi connectivity index (χ0) is 75.8. The summed E-state index contributed by atoms with van der Waals surface area (Å²) in [4.78, 5) is 73.0. The first-order chi connectivity index (χ1) is 49.8. The van der Waals surface area contributed by atoms with E-state index in [1.54, 1.807) is 0 Å². The molecule has 0 bridgehead atoms. The van der Waals surface area contributed by atoms with E-state index < -0.39 is 97.5 Å². The number of unbranched alkanes of at least 4 members (excludes halogenated alkanes) is 44. The maximum absolute atomic E-state index is 13.1. The van der Waals surface area contributed by atoms with Gasteiger partial charge < -0.3 is 33.8 Å². The van der Waals surface area contributed by atoms with Crippen LogP contribution >= 0.6 is 15.6 Å². The summed E-state index contributed by atoms with van der Waals surface area (Å²) in [6.07, 6.45) is 66.2. The lowest BCUT2D eigenvalue weighted by Gasteiger charge is -2.21. The van der Waals surface area contributed by atoms with Crippen LogP contribution in [-0.4, -0.2) is 96.7 Å². The van der Waals surface area contributed by atoms with Gasteiger partial charge in [-0.15, -0.1) is 0 Å². The van der Waals surface area contributed by atoms with E-state index in [4.69, 9.17) is 37.0 Å². The average Bonchev–Trinajstić information content (AvgIpc) is 0.942. The highest BCUT2D eigenvalue weighted by molar-refractivity contribution is 7.47. The van der Waals surface area contributed by atoms with Crippen LogP contribution in [0.25, 0.3) is 0 Å². The fourth-order valence-electron chi connectivity index (χ4n) is 12.4. The van der Waals surface area contributed by atoms with Crippen LogP contribution in [0.4, 0.5) is 0 Å². The predicted octanol–water partition coefficient (Wildman–Crippen LogP) is 24.9. The summed E-state index contributed by atoms with van der Waals surface area (Å²) in [5, 5.41) is 10.6. The molecule has 0 aliphatic heterocycles. The molecule has 0 fully saturated rings. The summed E-state index contributed by atoms with van der Waals surface area (Å²) in [6.45, 7) is 11.9. The van der Waals surface area contributed by atoms with E-state index in [0.717, 1.165) is 121 Å². The quantitative estimate of drug-likeness (QED) is 0.0169. The standard InChI is InChI=1S/C84H160O17P2/c1-8-10-11-12-13-14-15-16-21-29-34-39-44-53-60-67-83(88)100-79(71-94-81(86)65-58-51-43-38-33-28-25-24-26-31-36-41-48-55-62-75(3)4)73-98-102(90,91)96-69-78(85)70-97-103(92,93)99-74-80(72-95-82(87)66-59-52-47-46-49-56-63-76(5)6)101-84(89)68-61-54-45-40-35-30-23-20-18-17-19-22-27-32-37-42-50-57-64-77(7)9-2/h14-16,21,75-80,85H,8-13,17-20,22-74H2,1-7H3,(H,90,91)(H,92,93)/b15-14-,21-16-/t77?,78-,79-,80-/m1/s1. The number of rotatable bonds is 80. The number of esters is 4. The average molecular weight is 1500 g/mol. The molecule has 0 radical (unpaired) electrons. The monoisotopic (exact) mass is 1500 g/mol. The van der Waals surface area contributed by atoms with Crippen LogP contribution in [0.1, 0.15) is 414 Å². The highest BCUT2D eigenvalue weighted by Gasteiger charge is 2.30. The van der Waals surface area contributed by atoms with Crippen LogP contribution < -0.4 is 0 Å². The number of ether oxygens (including phenoxy) is 4. The van der Waals surface area contributed by atoms with Gasteiger partial charge in [0, 0.05) is 25.7 Å². The van der Waals surface area contributed by atoms with E-state index in [2.05, 4.69) is 72.8 Å². The van der Waals surface area contributed by atoms with Crippen molar-refractivity contribution in [1.29, 1.82) is 0 Å². The molecular weight excluding hydrogens is 1340 g/mol. The Morgan fingerprint density at radius 2 is 0.573 bits per heavy atom. The normalized spacial score (nSPS) is 14.3. The second-order valence-electron chi connectivity index (χ2n) is 30.7. The Morgan fingerprint density at radius 1 is 0.320 bits per heavy atom. The SMILES string of the molecule is CCCCCC/C=C\C=C/CCCCCCCC(=O)O[C@H](COC(=O)CCCCCCCCCCCCCCCCC(C)C)COP(=O)(O)OC[C@@H](O)COP(=O)(O)OC[C@@H](COC(=O)CCCCCCCCC(C)C)OC(=O)CCCCCCCCCCCCCCCCCCCCC(C)CC. The molecule has 0 aromatic heterocycles. The van der Waals surface area contributed by atoms with Crippen LogP contribution in [0, 0.1) is 17.8 Å². The fourth-order valence-corrected chi connectivity index (χ4v) is 14.0. The molecule has 3 unspecified atom stereocenters. The van der Waals surface area contributed by atoms with E-state index in [9.17, 15) is 43.2 Å².